The zero-order valence-corrected chi connectivity index (χ0v) is 38.1. The number of likely N-dealkylation sites (tertiary alicyclic amines) is 2. The van der Waals surface area contributed by atoms with Crippen LogP contribution in [0.2, 0.25) is 0 Å². The van der Waals surface area contributed by atoms with Crippen LogP contribution in [0.5, 0.6) is 0 Å². The topological polar surface area (TPSA) is 173 Å². The Bertz CT molecular complexity index is 1480. The number of carbonyl (C=O) groups is 6. The Balaban J connectivity index is 1.64. The Morgan fingerprint density at radius 1 is 0.683 bits per heavy atom. The molecule has 1 atom stereocenters. The van der Waals surface area contributed by atoms with Gasteiger partial charge in [0.05, 0.1) is 13.0 Å². The van der Waals surface area contributed by atoms with Crippen LogP contribution in [-0.4, -0.2) is 102 Å². The summed E-state index contributed by atoms with van der Waals surface area (Å²) in [5.74, 6) is -1.44. The molecule has 1 unspecified atom stereocenters. The minimum Gasteiger partial charge on any atom is -0.461 e. The van der Waals surface area contributed by atoms with Crippen molar-refractivity contribution in [2.75, 3.05) is 32.7 Å². The van der Waals surface area contributed by atoms with E-state index in [1.165, 1.54) is 0 Å². The van der Waals surface area contributed by atoms with E-state index in [2.05, 4.69) is 16.0 Å². The highest BCUT2D eigenvalue weighted by atomic mass is 16.6. The van der Waals surface area contributed by atoms with Crippen molar-refractivity contribution in [2.24, 2.45) is 29.6 Å². The van der Waals surface area contributed by atoms with Gasteiger partial charge in [-0.3, -0.25) is 19.2 Å². The Morgan fingerprint density at radius 3 is 1.58 bits per heavy atom. The lowest BCUT2D eigenvalue weighted by Crippen LogP contribution is -2.54. The lowest BCUT2D eigenvalue weighted by Gasteiger charge is -2.34. The predicted molar refractivity (Wildman–Crippen MR) is 230 cm³/mol. The molecule has 14 nitrogen and oxygen atoms in total. The first kappa shape index (κ1) is 50.0. The third-order valence-electron chi connectivity index (χ3n) is 11.2. The van der Waals surface area contributed by atoms with Crippen LogP contribution in [0.4, 0.5) is 9.59 Å². The molecule has 0 spiro atoms. The second kappa shape index (κ2) is 23.6. The molecule has 0 aromatic heterocycles. The lowest BCUT2D eigenvalue weighted by atomic mass is 9.84. The van der Waals surface area contributed by atoms with Gasteiger partial charge < -0.3 is 40.0 Å². The summed E-state index contributed by atoms with van der Waals surface area (Å²) in [6, 6.07) is 7.81. The van der Waals surface area contributed by atoms with Crippen LogP contribution in [-0.2, 0) is 40.0 Å². The summed E-state index contributed by atoms with van der Waals surface area (Å²) in [6.45, 7) is 21.2. The standard InChI is InChI=1S/C46H75N5O9/c1-31(2)40(32(3)4)49-42(55)37(28-39(53)58-30-35-14-12-11-13-15-35)48-38(52)29-47-41(54)36(18-16-33-20-24-50(25-21-33)43(56)59-45(5,6)7)19-17-34-22-26-51(27-23-34)44(57)60-46(8,9)10/h11-15,31-34,36-37,40H,16-30H2,1-10H3,(H,47,54)(H,48,52)(H,49,55). The van der Waals surface area contributed by atoms with Gasteiger partial charge in [-0.2, -0.15) is 0 Å². The van der Waals surface area contributed by atoms with E-state index in [0.29, 0.717) is 50.9 Å². The number of benzene rings is 1. The predicted octanol–water partition coefficient (Wildman–Crippen LogP) is 6.99. The molecule has 338 valence electrons. The van der Waals surface area contributed by atoms with Gasteiger partial charge in [-0.25, -0.2) is 9.59 Å². The van der Waals surface area contributed by atoms with Crippen LogP contribution in [0.25, 0.3) is 0 Å². The zero-order valence-electron chi connectivity index (χ0n) is 38.1. The summed E-state index contributed by atoms with van der Waals surface area (Å²) < 4.78 is 16.6. The van der Waals surface area contributed by atoms with Crippen molar-refractivity contribution in [3.05, 3.63) is 35.9 Å². The number of hydrogen-bond acceptors (Lipinski definition) is 9. The van der Waals surface area contributed by atoms with E-state index in [1.807, 2.05) is 99.6 Å². The number of ether oxygens (including phenoxy) is 3. The molecule has 1 aromatic rings. The minimum atomic E-state index is -1.20. The van der Waals surface area contributed by atoms with Crippen molar-refractivity contribution in [2.45, 2.75) is 157 Å². The van der Waals surface area contributed by atoms with Gasteiger partial charge in [0.2, 0.25) is 17.7 Å². The molecule has 0 aliphatic carbocycles. The first-order valence-electron chi connectivity index (χ1n) is 22.1. The van der Waals surface area contributed by atoms with Gasteiger partial charge in [0.25, 0.3) is 0 Å². The number of hydrogen-bond donors (Lipinski definition) is 3. The molecule has 2 heterocycles. The van der Waals surface area contributed by atoms with Gasteiger partial charge >= 0.3 is 18.2 Å². The third-order valence-corrected chi connectivity index (χ3v) is 11.2. The molecule has 60 heavy (non-hydrogen) atoms. The molecular weight excluding hydrogens is 767 g/mol. The summed E-state index contributed by atoms with van der Waals surface area (Å²) >= 11 is 0. The van der Waals surface area contributed by atoms with Gasteiger partial charge in [0.1, 0.15) is 23.9 Å². The zero-order chi connectivity index (χ0) is 44.6. The van der Waals surface area contributed by atoms with Crippen LogP contribution in [0.3, 0.4) is 0 Å². The second-order valence-electron chi connectivity index (χ2n) is 19.4. The van der Waals surface area contributed by atoms with E-state index in [-0.39, 0.29) is 61.5 Å². The fourth-order valence-corrected chi connectivity index (χ4v) is 7.84. The summed E-state index contributed by atoms with van der Waals surface area (Å²) in [4.78, 5) is 82.6. The van der Waals surface area contributed by atoms with Gasteiger partial charge in [0, 0.05) is 38.1 Å². The highest BCUT2D eigenvalue weighted by Gasteiger charge is 2.32. The number of rotatable bonds is 18. The normalized spacial score (nSPS) is 16.2. The van der Waals surface area contributed by atoms with Gasteiger partial charge in [-0.15, -0.1) is 0 Å². The summed E-state index contributed by atoms with van der Waals surface area (Å²) in [6.07, 6.45) is 5.08. The molecule has 1 aromatic carbocycles. The first-order chi connectivity index (χ1) is 28.1. The number of nitrogens with zero attached hydrogens (tertiary/aromatic N) is 2. The number of piperidine rings is 2. The monoisotopic (exact) mass is 842 g/mol. The first-order valence-corrected chi connectivity index (χ1v) is 22.1. The molecule has 14 heteroatoms. The highest BCUT2D eigenvalue weighted by molar-refractivity contribution is 5.92. The van der Waals surface area contributed by atoms with Crippen LogP contribution >= 0.6 is 0 Å². The van der Waals surface area contributed by atoms with Crippen molar-refractivity contribution < 1.29 is 43.0 Å². The Kier molecular flexibility index (Phi) is 19.7. The third kappa shape index (κ3) is 18.5. The van der Waals surface area contributed by atoms with E-state index in [9.17, 15) is 28.8 Å². The molecular formula is C46H75N5O9. The molecule has 0 saturated carbocycles. The fraction of sp³-hybridized carbons (Fsp3) is 0.739. The SMILES string of the molecule is CC(C)C(NC(=O)C(CC(=O)OCc1ccccc1)NC(=O)CNC(=O)C(CCC1CCN(C(=O)OC(C)(C)C)CC1)CCC1CCN(C(=O)OC(C)(C)C)CC1)C(C)C. The Labute approximate surface area is 358 Å². The Hall–Kier alpha value is -4.36. The number of amides is 5. The fourth-order valence-electron chi connectivity index (χ4n) is 7.84. The van der Waals surface area contributed by atoms with Crippen LogP contribution < -0.4 is 16.0 Å². The van der Waals surface area contributed by atoms with Crippen LogP contribution in [0.1, 0.15) is 133 Å². The molecule has 3 N–H and O–H groups in total. The Morgan fingerprint density at radius 2 is 1.15 bits per heavy atom. The maximum absolute atomic E-state index is 13.9. The maximum Gasteiger partial charge on any atom is 0.410 e. The van der Waals surface area contributed by atoms with Gasteiger partial charge in [-0.05, 0) is 122 Å². The quantitative estimate of drug-likeness (QED) is 0.104. The van der Waals surface area contributed by atoms with Crippen LogP contribution in [0, 0.1) is 29.6 Å². The molecule has 5 amide bonds. The maximum atomic E-state index is 13.9. The number of nitrogens with one attached hydrogen (secondary N) is 3. The van der Waals surface area contributed by atoms with Crippen molar-refractivity contribution in [3.8, 4) is 0 Å². The lowest BCUT2D eigenvalue weighted by molar-refractivity contribution is -0.147. The second-order valence-corrected chi connectivity index (χ2v) is 19.4. The van der Waals surface area contributed by atoms with Crippen molar-refractivity contribution >= 4 is 35.9 Å². The van der Waals surface area contributed by atoms with Crippen molar-refractivity contribution in [3.63, 3.8) is 0 Å². The van der Waals surface area contributed by atoms with Crippen LogP contribution in [0.15, 0.2) is 30.3 Å². The van der Waals surface area contributed by atoms with E-state index >= 15 is 0 Å². The van der Waals surface area contributed by atoms with E-state index in [4.69, 9.17) is 14.2 Å². The number of carbonyl (C=O) groups excluding carboxylic acids is 6. The van der Waals surface area contributed by atoms with E-state index in [1.54, 1.807) is 9.80 Å². The average Bonchev–Trinajstić information content (AvgIpc) is 3.17. The summed E-state index contributed by atoms with van der Waals surface area (Å²) in [5, 5.41) is 8.53. The average molecular weight is 842 g/mol. The molecule has 3 rings (SSSR count). The summed E-state index contributed by atoms with van der Waals surface area (Å²) in [5.41, 5.74) is -0.334. The highest BCUT2D eigenvalue weighted by Crippen LogP contribution is 2.30. The molecule has 0 radical (unpaired) electrons. The minimum absolute atomic E-state index is 0.0335. The van der Waals surface area contributed by atoms with E-state index in [0.717, 1.165) is 44.1 Å². The number of esters is 1. The van der Waals surface area contributed by atoms with Crippen molar-refractivity contribution in [1.29, 1.82) is 0 Å². The largest absolute Gasteiger partial charge is 0.461 e. The molecule has 2 saturated heterocycles. The summed E-state index contributed by atoms with van der Waals surface area (Å²) in [7, 11) is 0. The van der Waals surface area contributed by atoms with E-state index < -0.39 is 35.0 Å². The van der Waals surface area contributed by atoms with Crippen molar-refractivity contribution in [1.82, 2.24) is 25.8 Å². The van der Waals surface area contributed by atoms with Gasteiger partial charge in [0.15, 0.2) is 0 Å². The smallest absolute Gasteiger partial charge is 0.410 e. The molecule has 0 bridgehead atoms. The van der Waals surface area contributed by atoms with Gasteiger partial charge in [-0.1, -0.05) is 58.0 Å². The molecule has 2 aliphatic heterocycles. The molecule has 2 fully saturated rings. The molecule has 2 aliphatic rings.